The van der Waals surface area contributed by atoms with Crippen LogP contribution in [-0.2, 0) is 0 Å². The van der Waals surface area contributed by atoms with Gasteiger partial charge in [0.15, 0.2) is 0 Å². The van der Waals surface area contributed by atoms with Gasteiger partial charge in [-0.3, -0.25) is 0 Å². The first-order valence-electron chi connectivity index (χ1n) is 3.34. The summed E-state index contributed by atoms with van der Waals surface area (Å²) in [4.78, 5) is 0. The molecule has 0 aliphatic rings. The number of methoxy groups -OCH3 is 1. The predicted molar refractivity (Wildman–Crippen MR) is 47.2 cm³/mol. The molecule has 0 N–H and O–H groups in total. The molecule has 0 amide bonds. The van der Waals surface area contributed by atoms with Gasteiger partial charge in [0.25, 0.3) is 0 Å². The van der Waals surface area contributed by atoms with Gasteiger partial charge < -0.3 is 4.74 Å². The van der Waals surface area contributed by atoms with E-state index >= 15 is 0 Å². The lowest BCUT2D eigenvalue weighted by molar-refractivity contribution is 0.420. The third-order valence-electron chi connectivity index (χ3n) is 1.62. The van der Waals surface area contributed by atoms with Gasteiger partial charge >= 0.3 is 0 Å². The predicted octanol–water partition coefficient (Wildman–Crippen LogP) is 2.71. The van der Waals surface area contributed by atoms with Gasteiger partial charge in [-0.1, -0.05) is 6.07 Å². The first-order chi connectivity index (χ1) is 5.42. The van der Waals surface area contributed by atoms with E-state index in [2.05, 4.69) is 11.4 Å². The van der Waals surface area contributed by atoms with Gasteiger partial charge in [0, 0.05) is 15.5 Å². The molecule has 0 saturated carbocycles. The van der Waals surface area contributed by atoms with Crippen molar-refractivity contribution < 1.29 is 4.74 Å². The molecular formula is C9H7OS. The number of hydrogen-bond acceptors (Lipinski definition) is 2. The van der Waals surface area contributed by atoms with Crippen molar-refractivity contribution in [2.24, 2.45) is 0 Å². The van der Waals surface area contributed by atoms with Crippen molar-refractivity contribution in [2.75, 3.05) is 7.11 Å². The van der Waals surface area contributed by atoms with E-state index in [0.717, 1.165) is 11.1 Å². The Morgan fingerprint density at radius 1 is 1.45 bits per heavy atom. The number of rotatable bonds is 1. The van der Waals surface area contributed by atoms with Crippen LogP contribution in [0.5, 0.6) is 5.75 Å². The first kappa shape index (κ1) is 6.68. The van der Waals surface area contributed by atoms with Crippen molar-refractivity contribution in [1.29, 1.82) is 0 Å². The second-order valence-electron chi connectivity index (χ2n) is 2.24. The van der Waals surface area contributed by atoms with Gasteiger partial charge in [0.05, 0.1) is 7.11 Å². The minimum Gasteiger partial charge on any atom is -0.496 e. The highest BCUT2D eigenvalue weighted by molar-refractivity contribution is 7.16. The molecule has 2 heteroatoms. The van der Waals surface area contributed by atoms with Crippen LogP contribution in [-0.4, -0.2) is 7.11 Å². The summed E-state index contributed by atoms with van der Waals surface area (Å²) in [7, 11) is 1.69. The number of hydrogen-bond donors (Lipinski definition) is 0. The summed E-state index contributed by atoms with van der Waals surface area (Å²) in [5.74, 6) is 0.931. The zero-order valence-electron chi connectivity index (χ0n) is 6.13. The largest absolute Gasteiger partial charge is 0.496 e. The summed E-state index contributed by atoms with van der Waals surface area (Å²) in [6.45, 7) is 0. The van der Waals surface area contributed by atoms with Gasteiger partial charge in [-0.05, 0) is 18.2 Å². The van der Waals surface area contributed by atoms with Gasteiger partial charge in [0.2, 0.25) is 0 Å². The van der Waals surface area contributed by atoms with Crippen LogP contribution in [0, 0.1) is 5.38 Å². The summed E-state index contributed by atoms with van der Waals surface area (Å²) in [6.07, 6.45) is 0. The summed E-state index contributed by atoms with van der Waals surface area (Å²) in [5, 5.41) is 4.23. The van der Waals surface area contributed by atoms with Gasteiger partial charge in [-0.15, -0.1) is 11.3 Å². The molecule has 0 spiro atoms. The van der Waals surface area contributed by atoms with Gasteiger partial charge in [0.1, 0.15) is 5.75 Å². The molecule has 0 bridgehead atoms. The zero-order valence-corrected chi connectivity index (χ0v) is 6.94. The molecule has 0 fully saturated rings. The third kappa shape index (κ3) is 0.994. The van der Waals surface area contributed by atoms with E-state index in [9.17, 15) is 0 Å². The smallest absolute Gasteiger partial charge is 0.127 e. The highest BCUT2D eigenvalue weighted by Crippen LogP contribution is 2.28. The molecule has 0 aliphatic heterocycles. The monoisotopic (exact) mass is 163 g/mol. The van der Waals surface area contributed by atoms with Crippen molar-refractivity contribution >= 4 is 21.4 Å². The van der Waals surface area contributed by atoms with Crippen LogP contribution < -0.4 is 4.74 Å². The van der Waals surface area contributed by atoms with Crippen molar-refractivity contribution in [1.82, 2.24) is 0 Å². The molecular weight excluding hydrogens is 156 g/mol. The standard InChI is InChI=1S/C9H7OS/c1-10-8-3-2-4-9-7(8)5-6-11-9/h2-5H,1H3. The lowest BCUT2D eigenvalue weighted by atomic mass is 10.2. The molecule has 0 unspecified atom stereocenters. The summed E-state index contributed by atoms with van der Waals surface area (Å²) < 4.78 is 6.40. The van der Waals surface area contributed by atoms with Crippen molar-refractivity contribution in [3.8, 4) is 5.75 Å². The Hall–Kier alpha value is -1.02. The highest BCUT2D eigenvalue weighted by Gasteiger charge is 1.99. The van der Waals surface area contributed by atoms with Crippen LogP contribution in [0.25, 0.3) is 10.1 Å². The Bertz CT molecular complexity index is 364. The Morgan fingerprint density at radius 3 is 3.18 bits per heavy atom. The first-order valence-corrected chi connectivity index (χ1v) is 4.16. The molecule has 0 aliphatic carbocycles. The van der Waals surface area contributed by atoms with Crippen LogP contribution in [0.3, 0.4) is 0 Å². The SMILES string of the molecule is COc1cccc2s[c]cc12. The van der Waals surface area contributed by atoms with E-state index in [1.54, 1.807) is 18.4 Å². The Labute approximate surface area is 69.2 Å². The average molecular weight is 163 g/mol. The van der Waals surface area contributed by atoms with Crippen LogP contribution in [0.4, 0.5) is 0 Å². The molecule has 1 aromatic heterocycles. The fourth-order valence-corrected chi connectivity index (χ4v) is 1.80. The third-order valence-corrected chi connectivity index (χ3v) is 2.43. The minimum absolute atomic E-state index is 0.931. The maximum atomic E-state index is 5.17. The topological polar surface area (TPSA) is 9.23 Å². The average Bonchev–Trinajstić information content (AvgIpc) is 2.50. The van der Waals surface area contributed by atoms with E-state index < -0.39 is 0 Å². The van der Waals surface area contributed by atoms with Crippen LogP contribution in [0.2, 0.25) is 0 Å². The molecule has 0 saturated heterocycles. The van der Waals surface area contributed by atoms with E-state index in [0.29, 0.717) is 0 Å². The second-order valence-corrected chi connectivity index (χ2v) is 3.12. The number of ether oxygens (including phenoxy) is 1. The molecule has 1 aromatic carbocycles. The minimum atomic E-state index is 0.931. The van der Waals surface area contributed by atoms with Crippen molar-refractivity contribution in [3.05, 3.63) is 29.6 Å². The lowest BCUT2D eigenvalue weighted by Crippen LogP contribution is -1.80. The van der Waals surface area contributed by atoms with Crippen LogP contribution in [0.1, 0.15) is 0 Å². The molecule has 1 nitrogen and oxygen atoms in total. The molecule has 1 radical (unpaired) electrons. The van der Waals surface area contributed by atoms with Crippen LogP contribution >= 0.6 is 11.3 Å². The molecule has 1 heterocycles. The maximum absolute atomic E-state index is 5.17. The van der Waals surface area contributed by atoms with Crippen molar-refractivity contribution in [2.45, 2.75) is 0 Å². The molecule has 0 atom stereocenters. The fourth-order valence-electron chi connectivity index (χ4n) is 1.09. The fraction of sp³-hybridized carbons (Fsp3) is 0.111. The second kappa shape index (κ2) is 2.55. The van der Waals surface area contributed by atoms with E-state index in [1.807, 2.05) is 18.2 Å². The summed E-state index contributed by atoms with van der Waals surface area (Å²) >= 11 is 1.61. The lowest BCUT2D eigenvalue weighted by Gasteiger charge is -1.99. The molecule has 2 aromatic rings. The van der Waals surface area contributed by atoms with Gasteiger partial charge in [-0.25, -0.2) is 0 Å². The van der Waals surface area contributed by atoms with E-state index in [4.69, 9.17) is 4.74 Å². The normalized spacial score (nSPS) is 10.3. The van der Waals surface area contributed by atoms with Crippen molar-refractivity contribution in [3.63, 3.8) is 0 Å². The maximum Gasteiger partial charge on any atom is 0.127 e. The Balaban J connectivity index is 2.79. The quantitative estimate of drug-likeness (QED) is 0.628. The van der Waals surface area contributed by atoms with E-state index in [-0.39, 0.29) is 0 Å². The highest BCUT2D eigenvalue weighted by atomic mass is 32.1. The van der Waals surface area contributed by atoms with Crippen LogP contribution in [0.15, 0.2) is 24.3 Å². The zero-order chi connectivity index (χ0) is 7.68. The molecule has 11 heavy (non-hydrogen) atoms. The summed E-state index contributed by atoms with van der Waals surface area (Å²) in [6, 6.07) is 7.98. The Morgan fingerprint density at radius 2 is 2.36 bits per heavy atom. The van der Waals surface area contributed by atoms with E-state index in [1.165, 1.54) is 4.70 Å². The summed E-state index contributed by atoms with van der Waals surface area (Å²) in [5.41, 5.74) is 0. The van der Waals surface area contributed by atoms with Gasteiger partial charge in [-0.2, -0.15) is 0 Å². The number of benzene rings is 1. The molecule has 55 valence electrons. The number of fused-ring (bicyclic) bond motifs is 1. The number of thiophene rings is 1. The Kier molecular flexibility index (Phi) is 1.55. The molecule has 2 rings (SSSR count).